The van der Waals surface area contributed by atoms with Gasteiger partial charge in [0.15, 0.2) is 0 Å². The standard InChI is InChI=1S/C21H27NO2/c1-3-23-24-21-18-7-6-15(13-18)14-19(21)16-8-10-17(11-9-16)20-5-4-12-22(20)2/h4-5,8-12,15,18-19,21H,3,6-7,13-14H2,1-2H3. The molecule has 1 heterocycles. The van der Waals surface area contributed by atoms with Gasteiger partial charge in [0.2, 0.25) is 0 Å². The maximum absolute atomic E-state index is 5.85. The molecule has 2 fully saturated rings. The molecule has 4 unspecified atom stereocenters. The molecule has 1 aromatic heterocycles. The fourth-order valence-electron chi connectivity index (χ4n) is 4.73. The first-order valence-corrected chi connectivity index (χ1v) is 9.26. The van der Waals surface area contributed by atoms with Crippen molar-refractivity contribution in [1.29, 1.82) is 0 Å². The van der Waals surface area contributed by atoms with Gasteiger partial charge in [0.25, 0.3) is 0 Å². The van der Waals surface area contributed by atoms with Crippen molar-refractivity contribution in [3.8, 4) is 11.3 Å². The quantitative estimate of drug-likeness (QED) is 0.574. The summed E-state index contributed by atoms with van der Waals surface area (Å²) in [5.41, 5.74) is 3.92. The lowest BCUT2D eigenvalue weighted by Gasteiger charge is -2.35. The van der Waals surface area contributed by atoms with Gasteiger partial charge in [0, 0.05) is 24.9 Å². The summed E-state index contributed by atoms with van der Waals surface area (Å²) < 4.78 is 2.16. The molecule has 24 heavy (non-hydrogen) atoms. The average Bonchev–Trinajstić information content (AvgIpc) is 3.21. The molecule has 0 radical (unpaired) electrons. The minimum atomic E-state index is 0.213. The van der Waals surface area contributed by atoms with E-state index < -0.39 is 0 Å². The Hall–Kier alpha value is -1.58. The summed E-state index contributed by atoms with van der Waals surface area (Å²) >= 11 is 0. The van der Waals surface area contributed by atoms with Crippen molar-refractivity contribution in [3.63, 3.8) is 0 Å². The SMILES string of the molecule is CCOOC1C2CCC(C2)CC1c1ccc(-c2cccn2C)cc1. The van der Waals surface area contributed by atoms with E-state index in [1.165, 1.54) is 42.5 Å². The number of aromatic nitrogens is 1. The highest BCUT2D eigenvalue weighted by Crippen LogP contribution is 2.49. The highest BCUT2D eigenvalue weighted by Gasteiger charge is 2.43. The van der Waals surface area contributed by atoms with Crippen molar-refractivity contribution in [2.45, 2.75) is 44.6 Å². The molecule has 4 atom stereocenters. The van der Waals surface area contributed by atoms with Gasteiger partial charge < -0.3 is 4.57 Å². The fraction of sp³-hybridized carbons (Fsp3) is 0.524. The molecular formula is C21H27NO2. The summed E-state index contributed by atoms with van der Waals surface area (Å²) in [6, 6.07) is 13.3. The molecule has 128 valence electrons. The van der Waals surface area contributed by atoms with Crippen LogP contribution in [0, 0.1) is 11.8 Å². The Morgan fingerprint density at radius 2 is 1.92 bits per heavy atom. The first-order valence-electron chi connectivity index (χ1n) is 9.26. The molecule has 3 heteroatoms. The van der Waals surface area contributed by atoms with Crippen LogP contribution in [0.25, 0.3) is 11.3 Å². The fourth-order valence-corrected chi connectivity index (χ4v) is 4.73. The van der Waals surface area contributed by atoms with Gasteiger partial charge in [-0.1, -0.05) is 30.7 Å². The van der Waals surface area contributed by atoms with E-state index in [2.05, 4.69) is 54.2 Å². The molecular weight excluding hydrogens is 298 g/mol. The van der Waals surface area contributed by atoms with Crippen LogP contribution in [0.1, 0.15) is 44.1 Å². The molecule has 4 rings (SSSR count). The van der Waals surface area contributed by atoms with E-state index in [0.29, 0.717) is 18.4 Å². The summed E-state index contributed by atoms with van der Waals surface area (Å²) in [5.74, 6) is 1.99. The molecule has 0 N–H and O–H groups in total. The Bertz CT molecular complexity index is 675. The Morgan fingerprint density at radius 1 is 1.08 bits per heavy atom. The Balaban J connectivity index is 1.58. The molecule has 0 amide bonds. The van der Waals surface area contributed by atoms with Crippen LogP contribution in [0.4, 0.5) is 0 Å². The van der Waals surface area contributed by atoms with Gasteiger partial charge in [-0.05, 0) is 61.3 Å². The molecule has 2 bridgehead atoms. The van der Waals surface area contributed by atoms with E-state index in [0.717, 1.165) is 5.92 Å². The summed E-state index contributed by atoms with van der Waals surface area (Å²) in [5, 5.41) is 0. The lowest BCUT2D eigenvalue weighted by Crippen LogP contribution is -2.34. The van der Waals surface area contributed by atoms with Crippen LogP contribution < -0.4 is 0 Å². The monoisotopic (exact) mass is 325 g/mol. The molecule has 0 spiro atoms. The van der Waals surface area contributed by atoms with Gasteiger partial charge in [-0.25, -0.2) is 9.78 Å². The van der Waals surface area contributed by atoms with E-state index >= 15 is 0 Å². The lowest BCUT2D eigenvalue weighted by molar-refractivity contribution is -0.337. The van der Waals surface area contributed by atoms with Crippen molar-refractivity contribution in [2.24, 2.45) is 18.9 Å². The lowest BCUT2D eigenvalue weighted by atomic mass is 9.75. The molecule has 0 aliphatic heterocycles. The van der Waals surface area contributed by atoms with Crippen molar-refractivity contribution in [3.05, 3.63) is 48.2 Å². The van der Waals surface area contributed by atoms with Gasteiger partial charge in [0.05, 0.1) is 6.61 Å². The third kappa shape index (κ3) is 2.91. The van der Waals surface area contributed by atoms with Crippen LogP contribution in [0.15, 0.2) is 42.6 Å². The molecule has 2 aliphatic rings. The molecule has 2 aliphatic carbocycles. The second-order valence-corrected chi connectivity index (χ2v) is 7.38. The molecule has 1 aromatic carbocycles. The number of hydrogen-bond acceptors (Lipinski definition) is 2. The highest BCUT2D eigenvalue weighted by molar-refractivity contribution is 5.60. The Labute approximate surface area is 144 Å². The van der Waals surface area contributed by atoms with Crippen molar-refractivity contribution in [1.82, 2.24) is 4.57 Å². The van der Waals surface area contributed by atoms with Crippen LogP contribution in [-0.2, 0) is 16.8 Å². The summed E-state index contributed by atoms with van der Waals surface area (Å²) in [6.07, 6.45) is 7.50. The minimum Gasteiger partial charge on any atom is -0.351 e. The number of benzene rings is 1. The summed E-state index contributed by atoms with van der Waals surface area (Å²) in [7, 11) is 2.09. The van der Waals surface area contributed by atoms with Crippen LogP contribution in [0.5, 0.6) is 0 Å². The van der Waals surface area contributed by atoms with Gasteiger partial charge >= 0.3 is 0 Å². The number of hydrogen-bond donors (Lipinski definition) is 0. The summed E-state index contributed by atoms with van der Waals surface area (Å²) in [4.78, 5) is 11.2. The first kappa shape index (κ1) is 15.9. The highest BCUT2D eigenvalue weighted by atomic mass is 17.2. The van der Waals surface area contributed by atoms with E-state index in [1.54, 1.807) is 0 Å². The molecule has 0 saturated heterocycles. The van der Waals surface area contributed by atoms with Gasteiger partial charge in [-0.2, -0.15) is 0 Å². The average molecular weight is 325 g/mol. The minimum absolute atomic E-state index is 0.213. The van der Waals surface area contributed by atoms with Crippen molar-refractivity contribution >= 4 is 0 Å². The molecule has 2 saturated carbocycles. The van der Waals surface area contributed by atoms with Gasteiger partial charge in [0.1, 0.15) is 6.10 Å². The number of fused-ring (bicyclic) bond motifs is 2. The maximum atomic E-state index is 5.85. The smallest absolute Gasteiger partial charge is 0.103 e. The zero-order valence-electron chi connectivity index (χ0n) is 14.7. The molecule has 2 aromatic rings. The van der Waals surface area contributed by atoms with E-state index in [-0.39, 0.29) is 6.10 Å². The predicted octanol–water partition coefficient (Wildman–Crippen LogP) is 4.93. The largest absolute Gasteiger partial charge is 0.351 e. The normalized spacial score (nSPS) is 29.1. The van der Waals surface area contributed by atoms with Gasteiger partial charge in [-0.3, -0.25) is 0 Å². The van der Waals surface area contributed by atoms with Gasteiger partial charge in [-0.15, -0.1) is 0 Å². The van der Waals surface area contributed by atoms with E-state index in [1.807, 2.05) is 6.92 Å². The van der Waals surface area contributed by atoms with Crippen molar-refractivity contribution < 1.29 is 9.78 Å². The number of aryl methyl sites for hydroxylation is 1. The molecule has 3 nitrogen and oxygen atoms in total. The zero-order chi connectivity index (χ0) is 16.5. The number of rotatable bonds is 5. The van der Waals surface area contributed by atoms with Crippen LogP contribution in [0.2, 0.25) is 0 Å². The third-order valence-electron chi connectivity index (χ3n) is 5.91. The van der Waals surface area contributed by atoms with Crippen LogP contribution in [-0.4, -0.2) is 17.3 Å². The number of nitrogens with zero attached hydrogens (tertiary/aromatic N) is 1. The third-order valence-corrected chi connectivity index (χ3v) is 5.91. The predicted molar refractivity (Wildman–Crippen MR) is 95.5 cm³/mol. The second-order valence-electron chi connectivity index (χ2n) is 7.38. The van der Waals surface area contributed by atoms with E-state index in [4.69, 9.17) is 9.78 Å². The Kier molecular flexibility index (Phi) is 4.47. The van der Waals surface area contributed by atoms with E-state index in [9.17, 15) is 0 Å². The van der Waals surface area contributed by atoms with Crippen LogP contribution >= 0.6 is 0 Å². The van der Waals surface area contributed by atoms with Crippen LogP contribution in [0.3, 0.4) is 0 Å². The zero-order valence-corrected chi connectivity index (χ0v) is 14.7. The first-order chi connectivity index (χ1) is 11.8. The maximum Gasteiger partial charge on any atom is 0.103 e. The topological polar surface area (TPSA) is 23.4 Å². The second kappa shape index (κ2) is 6.73. The summed E-state index contributed by atoms with van der Waals surface area (Å²) in [6.45, 7) is 2.61. The Morgan fingerprint density at radius 3 is 2.62 bits per heavy atom. The van der Waals surface area contributed by atoms with Crippen molar-refractivity contribution in [2.75, 3.05) is 6.61 Å².